The highest BCUT2D eigenvalue weighted by Gasteiger charge is 2.19. The number of amides is 1. The molecule has 2 aromatic heterocycles. The van der Waals surface area contributed by atoms with Crippen molar-refractivity contribution in [3.63, 3.8) is 0 Å². The van der Waals surface area contributed by atoms with Crippen molar-refractivity contribution in [2.45, 2.75) is 25.3 Å². The van der Waals surface area contributed by atoms with E-state index in [0.717, 1.165) is 54.4 Å². The third-order valence-corrected chi connectivity index (χ3v) is 5.50. The summed E-state index contributed by atoms with van der Waals surface area (Å²) in [5.74, 6) is 1.69. The molecule has 1 aliphatic rings. The van der Waals surface area contributed by atoms with Gasteiger partial charge in [0.15, 0.2) is 5.65 Å². The Morgan fingerprint density at radius 1 is 1.30 bits per heavy atom. The van der Waals surface area contributed by atoms with Crippen LogP contribution in [-0.4, -0.2) is 65.0 Å². The van der Waals surface area contributed by atoms with Crippen LogP contribution in [-0.2, 0) is 4.79 Å². The van der Waals surface area contributed by atoms with E-state index in [4.69, 9.17) is 9.72 Å². The molecule has 2 N–H and O–H groups in total. The Balaban J connectivity index is 1.46. The van der Waals surface area contributed by atoms with Gasteiger partial charge in [-0.15, -0.1) is 0 Å². The third-order valence-electron chi connectivity index (χ3n) is 5.50. The zero-order valence-corrected chi connectivity index (χ0v) is 17.5. The first-order valence-electron chi connectivity index (χ1n) is 10.3. The van der Waals surface area contributed by atoms with E-state index < -0.39 is 0 Å². The van der Waals surface area contributed by atoms with Crippen molar-refractivity contribution in [3.05, 3.63) is 42.9 Å². The number of nitrogens with zero attached hydrogens (tertiary/aromatic N) is 4. The van der Waals surface area contributed by atoms with Crippen molar-refractivity contribution < 1.29 is 9.53 Å². The van der Waals surface area contributed by atoms with Gasteiger partial charge in [-0.2, -0.15) is 0 Å². The van der Waals surface area contributed by atoms with Gasteiger partial charge < -0.3 is 20.3 Å². The third kappa shape index (κ3) is 4.54. The molecular weight excluding hydrogens is 380 g/mol. The van der Waals surface area contributed by atoms with E-state index in [-0.39, 0.29) is 11.9 Å². The van der Waals surface area contributed by atoms with Crippen LogP contribution < -0.4 is 15.4 Å². The number of hydrogen-bond acceptors (Lipinski definition) is 6. The molecule has 3 heterocycles. The van der Waals surface area contributed by atoms with Gasteiger partial charge in [-0.1, -0.05) is 12.1 Å². The number of carbonyl (C=O) groups is 1. The normalized spacial score (nSPS) is 15.3. The molecule has 0 atom stereocenters. The van der Waals surface area contributed by atoms with Gasteiger partial charge in [0.2, 0.25) is 5.91 Å². The van der Waals surface area contributed by atoms with Crippen LogP contribution in [0, 0.1) is 0 Å². The fourth-order valence-corrected chi connectivity index (χ4v) is 3.79. The Labute approximate surface area is 176 Å². The molecular formula is C22H28N6O2. The number of aromatic nitrogens is 3. The van der Waals surface area contributed by atoms with Gasteiger partial charge in [-0.25, -0.2) is 4.98 Å². The van der Waals surface area contributed by atoms with Gasteiger partial charge in [0, 0.05) is 37.0 Å². The summed E-state index contributed by atoms with van der Waals surface area (Å²) in [4.78, 5) is 23.6. The van der Waals surface area contributed by atoms with E-state index in [9.17, 15) is 4.79 Å². The van der Waals surface area contributed by atoms with Crippen LogP contribution in [0.15, 0.2) is 42.9 Å². The highest BCUT2D eigenvalue weighted by molar-refractivity contribution is 5.79. The average Bonchev–Trinajstić information content (AvgIpc) is 3.14. The minimum Gasteiger partial charge on any atom is -0.497 e. The van der Waals surface area contributed by atoms with Gasteiger partial charge in [0.1, 0.15) is 17.3 Å². The Bertz CT molecular complexity index is 1010. The number of fused-ring (bicyclic) bond motifs is 1. The number of imidazole rings is 1. The lowest BCUT2D eigenvalue weighted by molar-refractivity contribution is -0.121. The van der Waals surface area contributed by atoms with E-state index in [1.807, 2.05) is 34.9 Å². The summed E-state index contributed by atoms with van der Waals surface area (Å²) in [6, 6.07) is 8.07. The first-order valence-corrected chi connectivity index (χ1v) is 10.3. The molecule has 1 amide bonds. The van der Waals surface area contributed by atoms with E-state index in [2.05, 4.69) is 27.6 Å². The molecule has 0 spiro atoms. The molecule has 3 aromatic rings. The number of anilines is 1. The Hall–Kier alpha value is -3.13. The largest absolute Gasteiger partial charge is 0.497 e. The SMILES string of the molecule is COc1cccc(-c2nc3cnccn3c2NCCC(=O)NC2CCN(C)CC2)c1. The molecule has 8 nitrogen and oxygen atoms in total. The predicted octanol–water partition coefficient (Wildman–Crippen LogP) is 2.42. The second-order valence-electron chi connectivity index (χ2n) is 7.67. The second-order valence-corrected chi connectivity index (χ2v) is 7.67. The molecule has 0 bridgehead atoms. The molecule has 8 heteroatoms. The van der Waals surface area contributed by atoms with Crippen molar-refractivity contribution in [1.29, 1.82) is 0 Å². The summed E-state index contributed by atoms with van der Waals surface area (Å²) < 4.78 is 7.31. The van der Waals surface area contributed by atoms with Crippen LogP contribution in [0.5, 0.6) is 5.75 Å². The van der Waals surface area contributed by atoms with Gasteiger partial charge in [-0.3, -0.25) is 14.2 Å². The standard InChI is InChI=1S/C22H28N6O2/c1-27-11-7-17(8-12-27)25-20(29)6-9-24-22-21(16-4-3-5-18(14-16)30-2)26-19-15-23-10-13-28(19)22/h3-5,10,13-15,17,24H,6-9,11-12H2,1-2H3,(H,25,29). The van der Waals surface area contributed by atoms with E-state index in [1.54, 1.807) is 19.5 Å². The van der Waals surface area contributed by atoms with Gasteiger partial charge in [0.25, 0.3) is 0 Å². The van der Waals surface area contributed by atoms with Crippen molar-refractivity contribution in [1.82, 2.24) is 24.6 Å². The molecule has 4 rings (SSSR count). The molecule has 0 aliphatic carbocycles. The summed E-state index contributed by atoms with van der Waals surface area (Å²) in [7, 11) is 3.77. The lowest BCUT2D eigenvalue weighted by Gasteiger charge is -2.29. The lowest BCUT2D eigenvalue weighted by atomic mass is 10.1. The maximum absolute atomic E-state index is 12.4. The Morgan fingerprint density at radius 3 is 2.93 bits per heavy atom. The monoisotopic (exact) mass is 408 g/mol. The number of likely N-dealkylation sites (tertiary alicyclic amines) is 1. The predicted molar refractivity (Wildman–Crippen MR) is 117 cm³/mol. The number of nitrogens with one attached hydrogen (secondary N) is 2. The molecule has 1 aliphatic heterocycles. The number of rotatable bonds is 7. The summed E-state index contributed by atoms with van der Waals surface area (Å²) in [6.07, 6.45) is 7.74. The number of carbonyl (C=O) groups excluding carboxylic acids is 1. The van der Waals surface area contributed by atoms with E-state index in [0.29, 0.717) is 13.0 Å². The number of piperidine rings is 1. The zero-order chi connectivity index (χ0) is 20.9. The highest BCUT2D eigenvalue weighted by Crippen LogP contribution is 2.30. The van der Waals surface area contributed by atoms with Crippen LogP contribution in [0.1, 0.15) is 19.3 Å². The molecule has 0 saturated carbocycles. The maximum Gasteiger partial charge on any atom is 0.221 e. The van der Waals surface area contributed by atoms with Gasteiger partial charge >= 0.3 is 0 Å². The fraction of sp³-hybridized carbons (Fsp3) is 0.409. The van der Waals surface area contributed by atoms with Crippen molar-refractivity contribution in [2.75, 3.05) is 39.1 Å². The van der Waals surface area contributed by atoms with E-state index >= 15 is 0 Å². The van der Waals surface area contributed by atoms with Gasteiger partial charge in [-0.05, 0) is 45.1 Å². The number of hydrogen-bond donors (Lipinski definition) is 2. The van der Waals surface area contributed by atoms with Crippen LogP contribution in [0.3, 0.4) is 0 Å². The van der Waals surface area contributed by atoms with Crippen molar-refractivity contribution >= 4 is 17.4 Å². The molecule has 1 aromatic carbocycles. The number of ether oxygens (including phenoxy) is 1. The van der Waals surface area contributed by atoms with Crippen LogP contribution >= 0.6 is 0 Å². The minimum absolute atomic E-state index is 0.0791. The molecule has 30 heavy (non-hydrogen) atoms. The number of methoxy groups -OCH3 is 1. The first kappa shape index (κ1) is 20.2. The second kappa shape index (κ2) is 9.13. The summed E-state index contributed by atoms with van der Waals surface area (Å²) >= 11 is 0. The summed E-state index contributed by atoms with van der Waals surface area (Å²) in [5.41, 5.74) is 2.49. The van der Waals surface area contributed by atoms with E-state index in [1.165, 1.54) is 0 Å². The highest BCUT2D eigenvalue weighted by atomic mass is 16.5. The average molecular weight is 409 g/mol. The van der Waals surface area contributed by atoms with Gasteiger partial charge in [0.05, 0.1) is 13.3 Å². The quantitative estimate of drug-likeness (QED) is 0.625. The van der Waals surface area contributed by atoms with Crippen molar-refractivity contribution in [3.8, 4) is 17.0 Å². The molecule has 158 valence electrons. The van der Waals surface area contributed by atoms with Crippen molar-refractivity contribution in [2.24, 2.45) is 0 Å². The number of benzene rings is 1. The summed E-state index contributed by atoms with van der Waals surface area (Å²) in [6.45, 7) is 2.58. The molecule has 1 saturated heterocycles. The van der Waals surface area contributed by atoms with Crippen LogP contribution in [0.2, 0.25) is 0 Å². The molecule has 1 fully saturated rings. The molecule has 0 unspecified atom stereocenters. The van der Waals surface area contributed by atoms with Crippen LogP contribution in [0.4, 0.5) is 5.82 Å². The first-order chi connectivity index (χ1) is 14.6. The van der Waals surface area contributed by atoms with Crippen LogP contribution in [0.25, 0.3) is 16.9 Å². The lowest BCUT2D eigenvalue weighted by Crippen LogP contribution is -2.43. The zero-order valence-electron chi connectivity index (χ0n) is 17.5. The smallest absolute Gasteiger partial charge is 0.221 e. The fourth-order valence-electron chi connectivity index (χ4n) is 3.79. The minimum atomic E-state index is 0.0791. The topological polar surface area (TPSA) is 83.8 Å². The summed E-state index contributed by atoms with van der Waals surface area (Å²) in [5, 5.41) is 6.57. The Kier molecular flexibility index (Phi) is 6.13. The maximum atomic E-state index is 12.4. The Morgan fingerprint density at radius 2 is 2.13 bits per heavy atom. The molecule has 0 radical (unpaired) electrons.